The van der Waals surface area contributed by atoms with E-state index in [-0.39, 0.29) is 12.5 Å². The van der Waals surface area contributed by atoms with E-state index in [0.717, 1.165) is 21.6 Å². The molecular weight excluding hydrogens is 602 g/mol. The Bertz CT molecular complexity index is 1630. The Morgan fingerprint density at radius 3 is 2.27 bits per heavy atom. The van der Waals surface area contributed by atoms with Gasteiger partial charge in [-0.3, -0.25) is 9.59 Å². The number of aryl methyl sites for hydroxylation is 1. The average molecular weight is 634 g/mol. The highest BCUT2D eigenvalue weighted by molar-refractivity contribution is 7.16. The lowest BCUT2D eigenvalue weighted by molar-refractivity contribution is -0.127. The molecule has 3 aromatic carbocycles. The van der Waals surface area contributed by atoms with Crippen LogP contribution in [0.3, 0.4) is 0 Å². The second-order valence-electron chi connectivity index (χ2n) is 9.66. The van der Waals surface area contributed by atoms with Crippen molar-refractivity contribution in [2.75, 3.05) is 11.9 Å². The number of hydrazone groups is 1. The molecule has 9 nitrogen and oxygen atoms in total. The molecule has 4 aromatic rings. The Labute approximate surface area is 264 Å². The van der Waals surface area contributed by atoms with Gasteiger partial charge in [0.1, 0.15) is 23.1 Å². The highest BCUT2D eigenvalue weighted by Crippen LogP contribution is 2.33. The first-order chi connectivity index (χ1) is 21.1. The van der Waals surface area contributed by atoms with Gasteiger partial charge < -0.3 is 19.5 Å². The van der Waals surface area contributed by atoms with Crippen molar-refractivity contribution < 1.29 is 28.6 Å². The SMILES string of the molecule is CCOC(=O)c1c(NC(=O)c2ccc(O[C@@H](C)C(=O)N/N=C\c3ccc(OCc4ccc(Cl)cc4)cc3)cc2)sc(C)c1C. The predicted molar refractivity (Wildman–Crippen MR) is 172 cm³/mol. The van der Waals surface area contributed by atoms with Crippen LogP contribution in [-0.4, -0.2) is 36.7 Å². The van der Waals surface area contributed by atoms with Gasteiger partial charge in [-0.1, -0.05) is 23.7 Å². The molecule has 0 unspecified atom stereocenters. The van der Waals surface area contributed by atoms with Gasteiger partial charge in [0, 0.05) is 15.5 Å². The third-order valence-corrected chi connectivity index (χ3v) is 7.85. The second-order valence-corrected chi connectivity index (χ2v) is 11.3. The maximum atomic E-state index is 12.9. The summed E-state index contributed by atoms with van der Waals surface area (Å²) < 4.78 is 16.6. The normalized spacial score (nSPS) is 11.6. The Hall–Kier alpha value is -4.67. The van der Waals surface area contributed by atoms with Crippen LogP contribution in [0.25, 0.3) is 0 Å². The van der Waals surface area contributed by atoms with E-state index in [4.69, 9.17) is 25.8 Å². The van der Waals surface area contributed by atoms with E-state index in [1.54, 1.807) is 38.1 Å². The molecule has 0 fully saturated rings. The first kappa shape index (κ1) is 32.2. The number of hydrogen-bond acceptors (Lipinski definition) is 8. The Balaban J connectivity index is 1.25. The number of benzene rings is 3. The molecule has 1 aromatic heterocycles. The minimum atomic E-state index is -0.848. The lowest BCUT2D eigenvalue weighted by atomic mass is 10.1. The van der Waals surface area contributed by atoms with E-state index in [1.165, 1.54) is 17.6 Å². The van der Waals surface area contributed by atoms with Crippen molar-refractivity contribution >= 4 is 51.9 Å². The van der Waals surface area contributed by atoms with Gasteiger partial charge >= 0.3 is 5.97 Å². The number of nitrogens with one attached hydrogen (secondary N) is 2. The van der Waals surface area contributed by atoms with Crippen LogP contribution in [-0.2, 0) is 16.1 Å². The van der Waals surface area contributed by atoms with E-state index < -0.39 is 18.0 Å². The lowest BCUT2D eigenvalue weighted by Crippen LogP contribution is -2.33. The summed E-state index contributed by atoms with van der Waals surface area (Å²) in [5, 5.41) is 7.93. The van der Waals surface area contributed by atoms with Crippen LogP contribution >= 0.6 is 22.9 Å². The summed E-state index contributed by atoms with van der Waals surface area (Å²) >= 11 is 7.23. The standard InChI is InChI=1S/C33H32ClN3O6S/c1-5-41-33(40)29-20(2)22(4)44-32(29)36-31(39)25-10-16-28(17-11-25)43-21(3)30(38)37-35-18-23-8-14-27(15-9-23)42-19-24-6-12-26(34)13-7-24/h6-18,21H,5,19H2,1-4H3,(H,36,39)(H,37,38)/b35-18-/t21-/m0/s1. The summed E-state index contributed by atoms with van der Waals surface area (Å²) in [5.41, 5.74) is 5.74. The monoisotopic (exact) mass is 633 g/mol. The van der Waals surface area contributed by atoms with Crippen LogP contribution in [0.4, 0.5) is 5.00 Å². The molecule has 0 aliphatic heterocycles. The van der Waals surface area contributed by atoms with Crippen LogP contribution in [0, 0.1) is 13.8 Å². The van der Waals surface area contributed by atoms with E-state index >= 15 is 0 Å². The third kappa shape index (κ3) is 8.68. The number of anilines is 1. The molecule has 0 aliphatic carbocycles. The summed E-state index contributed by atoms with van der Waals surface area (Å²) in [6, 6.07) is 21.1. The molecule has 1 heterocycles. The van der Waals surface area contributed by atoms with Gasteiger partial charge in [0.05, 0.1) is 18.4 Å². The maximum Gasteiger partial charge on any atom is 0.341 e. The summed E-state index contributed by atoms with van der Waals surface area (Å²) in [4.78, 5) is 38.7. The number of thiophene rings is 1. The minimum absolute atomic E-state index is 0.238. The largest absolute Gasteiger partial charge is 0.489 e. The van der Waals surface area contributed by atoms with E-state index in [0.29, 0.717) is 39.3 Å². The van der Waals surface area contributed by atoms with Crippen molar-refractivity contribution in [3.05, 3.63) is 111 Å². The molecule has 0 saturated carbocycles. The van der Waals surface area contributed by atoms with Crippen molar-refractivity contribution in [3.8, 4) is 11.5 Å². The maximum absolute atomic E-state index is 12.9. The smallest absolute Gasteiger partial charge is 0.341 e. The lowest BCUT2D eigenvalue weighted by Gasteiger charge is -2.13. The van der Waals surface area contributed by atoms with Crippen LogP contribution in [0.2, 0.25) is 5.02 Å². The van der Waals surface area contributed by atoms with Gasteiger partial charge in [0.25, 0.3) is 11.8 Å². The summed E-state index contributed by atoms with van der Waals surface area (Å²) in [7, 11) is 0. The molecule has 228 valence electrons. The third-order valence-electron chi connectivity index (χ3n) is 6.48. The van der Waals surface area contributed by atoms with E-state index in [9.17, 15) is 14.4 Å². The molecule has 0 aliphatic rings. The van der Waals surface area contributed by atoms with Crippen molar-refractivity contribution in [2.45, 2.75) is 40.4 Å². The van der Waals surface area contributed by atoms with Crippen molar-refractivity contribution in [3.63, 3.8) is 0 Å². The molecule has 4 rings (SSSR count). The number of hydrogen-bond donors (Lipinski definition) is 2. The number of rotatable bonds is 12. The van der Waals surface area contributed by atoms with Crippen molar-refractivity contribution in [1.29, 1.82) is 0 Å². The minimum Gasteiger partial charge on any atom is -0.489 e. The fourth-order valence-electron chi connectivity index (χ4n) is 3.94. The Kier molecular flexibility index (Phi) is 11.1. The zero-order valence-electron chi connectivity index (χ0n) is 24.7. The Morgan fingerprint density at radius 1 is 0.955 bits per heavy atom. The molecule has 0 saturated heterocycles. The highest BCUT2D eigenvalue weighted by atomic mass is 35.5. The van der Waals surface area contributed by atoms with Gasteiger partial charge in [-0.05, 0) is 105 Å². The number of nitrogens with zero attached hydrogens (tertiary/aromatic N) is 1. The number of carbonyl (C=O) groups is 3. The number of esters is 1. The molecular formula is C33H32ClN3O6S. The zero-order chi connectivity index (χ0) is 31.6. The molecule has 0 spiro atoms. The second kappa shape index (κ2) is 15.2. The molecule has 0 bridgehead atoms. The van der Waals surface area contributed by atoms with Crippen LogP contribution < -0.4 is 20.2 Å². The first-order valence-corrected chi connectivity index (χ1v) is 15.0. The number of halogens is 1. The van der Waals surface area contributed by atoms with Crippen molar-refractivity contribution in [2.24, 2.45) is 5.10 Å². The topological polar surface area (TPSA) is 115 Å². The fraction of sp³-hybridized carbons (Fsp3) is 0.212. The molecule has 1 atom stereocenters. The quantitative estimate of drug-likeness (QED) is 0.0992. The molecule has 2 amide bonds. The van der Waals surface area contributed by atoms with Gasteiger partial charge in [0.2, 0.25) is 0 Å². The van der Waals surface area contributed by atoms with Crippen LogP contribution in [0.1, 0.15) is 56.1 Å². The van der Waals surface area contributed by atoms with Gasteiger partial charge in [-0.15, -0.1) is 11.3 Å². The summed E-state index contributed by atoms with van der Waals surface area (Å²) in [5.74, 6) is -0.202. The molecule has 44 heavy (non-hydrogen) atoms. The number of carbonyl (C=O) groups excluding carboxylic acids is 3. The fourth-order valence-corrected chi connectivity index (χ4v) is 5.11. The summed E-state index contributed by atoms with van der Waals surface area (Å²) in [6.07, 6.45) is 0.671. The van der Waals surface area contributed by atoms with Gasteiger partial charge in [-0.2, -0.15) is 5.10 Å². The highest BCUT2D eigenvalue weighted by Gasteiger charge is 2.22. The van der Waals surface area contributed by atoms with Gasteiger partial charge in [-0.25, -0.2) is 10.2 Å². The molecule has 11 heteroatoms. The van der Waals surface area contributed by atoms with Gasteiger partial charge in [0.15, 0.2) is 6.10 Å². The van der Waals surface area contributed by atoms with Crippen LogP contribution in [0.5, 0.6) is 11.5 Å². The van der Waals surface area contributed by atoms with E-state index in [1.807, 2.05) is 62.4 Å². The first-order valence-electron chi connectivity index (χ1n) is 13.8. The Morgan fingerprint density at radius 2 is 1.61 bits per heavy atom. The zero-order valence-corrected chi connectivity index (χ0v) is 26.3. The molecule has 2 N–H and O–H groups in total. The number of ether oxygens (including phenoxy) is 3. The van der Waals surface area contributed by atoms with E-state index in [2.05, 4.69) is 15.8 Å². The average Bonchev–Trinajstić information content (AvgIpc) is 3.29. The van der Waals surface area contributed by atoms with Crippen LogP contribution in [0.15, 0.2) is 77.9 Å². The van der Waals surface area contributed by atoms with Crippen molar-refractivity contribution in [1.82, 2.24) is 5.43 Å². The summed E-state index contributed by atoms with van der Waals surface area (Å²) in [6.45, 7) is 7.68. The molecule has 0 radical (unpaired) electrons. The predicted octanol–water partition coefficient (Wildman–Crippen LogP) is 6.94. The number of amides is 2.